The molecule has 0 saturated heterocycles. The van der Waals surface area contributed by atoms with Gasteiger partial charge >= 0.3 is 0 Å². The standard InChI is InChI=1S/C56H36N2/c1-4-17-37(18-5-1)41-24-16-25-42(35-41)51-36-52(58-56(57-51)40-22-8-3-9-23-40)46-33-34-49(45-28-13-12-27-44(45)46)54-48-30-15-14-29-47(48)53(39-20-6-2-7-21-39)55-43-26-11-10-19-38(43)31-32-50(54)55/h1-36H. The molecular formula is C56H36N2. The second-order valence-corrected chi connectivity index (χ2v) is 14.9. The van der Waals surface area contributed by atoms with Gasteiger partial charge in [-0.25, -0.2) is 9.97 Å². The summed E-state index contributed by atoms with van der Waals surface area (Å²) in [4.78, 5) is 10.5. The van der Waals surface area contributed by atoms with Crippen LogP contribution in [0.2, 0.25) is 0 Å². The van der Waals surface area contributed by atoms with Crippen LogP contribution >= 0.6 is 0 Å². The average molecular weight is 737 g/mol. The first-order valence-corrected chi connectivity index (χ1v) is 19.8. The van der Waals surface area contributed by atoms with Gasteiger partial charge in [0.15, 0.2) is 5.82 Å². The van der Waals surface area contributed by atoms with Gasteiger partial charge in [0.25, 0.3) is 0 Å². The van der Waals surface area contributed by atoms with Crippen LogP contribution in [0.25, 0.3) is 110 Å². The van der Waals surface area contributed by atoms with E-state index in [1.807, 2.05) is 18.2 Å². The summed E-state index contributed by atoms with van der Waals surface area (Å²) >= 11 is 0. The molecule has 0 N–H and O–H groups in total. The zero-order valence-electron chi connectivity index (χ0n) is 31.7. The molecule has 0 fully saturated rings. The first-order chi connectivity index (χ1) is 28.8. The average Bonchev–Trinajstić information content (AvgIpc) is 3.31. The van der Waals surface area contributed by atoms with Crippen LogP contribution in [-0.4, -0.2) is 9.97 Å². The lowest BCUT2D eigenvalue weighted by molar-refractivity contribution is 1.18. The second-order valence-electron chi connectivity index (χ2n) is 14.9. The highest BCUT2D eigenvalue weighted by molar-refractivity contribution is 6.29. The molecule has 11 rings (SSSR count). The fraction of sp³-hybridized carbons (Fsp3) is 0. The quantitative estimate of drug-likeness (QED) is 0.125. The van der Waals surface area contributed by atoms with Crippen molar-refractivity contribution in [3.8, 4) is 67.3 Å². The van der Waals surface area contributed by atoms with Crippen LogP contribution in [0.15, 0.2) is 218 Å². The van der Waals surface area contributed by atoms with E-state index in [1.54, 1.807) is 0 Å². The van der Waals surface area contributed by atoms with Crippen LogP contribution in [-0.2, 0) is 0 Å². The molecule has 0 amide bonds. The monoisotopic (exact) mass is 736 g/mol. The Morgan fingerprint density at radius 3 is 1.50 bits per heavy atom. The molecule has 0 bridgehead atoms. The highest BCUT2D eigenvalue weighted by atomic mass is 14.9. The van der Waals surface area contributed by atoms with E-state index in [4.69, 9.17) is 9.97 Å². The van der Waals surface area contributed by atoms with Crippen LogP contribution in [0, 0.1) is 0 Å². The van der Waals surface area contributed by atoms with Gasteiger partial charge in [0.05, 0.1) is 11.4 Å². The summed E-state index contributed by atoms with van der Waals surface area (Å²) < 4.78 is 0. The Morgan fingerprint density at radius 2 is 0.776 bits per heavy atom. The van der Waals surface area contributed by atoms with E-state index in [9.17, 15) is 0 Å². The van der Waals surface area contributed by atoms with Crippen molar-refractivity contribution in [3.63, 3.8) is 0 Å². The van der Waals surface area contributed by atoms with Crippen molar-refractivity contribution in [2.75, 3.05) is 0 Å². The number of hydrogen-bond acceptors (Lipinski definition) is 2. The van der Waals surface area contributed by atoms with Crippen molar-refractivity contribution in [2.24, 2.45) is 0 Å². The van der Waals surface area contributed by atoms with Crippen LogP contribution < -0.4 is 0 Å². The van der Waals surface area contributed by atoms with E-state index < -0.39 is 0 Å². The maximum Gasteiger partial charge on any atom is 0.160 e. The lowest BCUT2D eigenvalue weighted by Crippen LogP contribution is -1.97. The fourth-order valence-electron chi connectivity index (χ4n) is 8.82. The van der Waals surface area contributed by atoms with Gasteiger partial charge in [-0.2, -0.15) is 0 Å². The van der Waals surface area contributed by atoms with Crippen molar-refractivity contribution in [2.45, 2.75) is 0 Å². The molecule has 1 heterocycles. The number of hydrogen-bond donors (Lipinski definition) is 0. The first-order valence-electron chi connectivity index (χ1n) is 19.8. The molecule has 0 spiro atoms. The van der Waals surface area contributed by atoms with E-state index in [2.05, 4.69) is 200 Å². The minimum atomic E-state index is 0.701. The van der Waals surface area contributed by atoms with Crippen molar-refractivity contribution < 1.29 is 0 Å². The molecule has 2 nitrogen and oxygen atoms in total. The van der Waals surface area contributed by atoms with E-state index in [1.165, 1.54) is 65.5 Å². The molecule has 11 aromatic rings. The third-order valence-corrected chi connectivity index (χ3v) is 11.5. The molecule has 0 unspecified atom stereocenters. The summed E-state index contributed by atoms with van der Waals surface area (Å²) in [5.41, 5.74) is 12.1. The normalized spacial score (nSPS) is 11.4. The number of benzene rings is 10. The Bertz CT molecular complexity index is 3320. The second kappa shape index (κ2) is 14.1. The largest absolute Gasteiger partial charge is 0.228 e. The third kappa shape index (κ3) is 5.74. The minimum absolute atomic E-state index is 0.701. The summed E-state index contributed by atoms with van der Waals surface area (Å²) in [6, 6.07) is 78.2. The van der Waals surface area contributed by atoms with E-state index in [0.717, 1.165) is 39.0 Å². The van der Waals surface area contributed by atoms with E-state index >= 15 is 0 Å². The molecule has 0 radical (unpaired) electrons. The minimum Gasteiger partial charge on any atom is -0.228 e. The van der Waals surface area contributed by atoms with Crippen LogP contribution in [0.3, 0.4) is 0 Å². The predicted octanol–water partition coefficient (Wildman–Crippen LogP) is 15.1. The number of rotatable bonds is 6. The van der Waals surface area contributed by atoms with E-state index in [-0.39, 0.29) is 0 Å². The van der Waals surface area contributed by atoms with Crippen molar-refractivity contribution in [1.29, 1.82) is 0 Å². The molecule has 0 saturated carbocycles. The maximum absolute atomic E-state index is 5.30. The van der Waals surface area contributed by atoms with Gasteiger partial charge in [0, 0.05) is 16.7 Å². The number of fused-ring (bicyclic) bond motifs is 5. The van der Waals surface area contributed by atoms with Crippen LogP contribution in [0.4, 0.5) is 0 Å². The predicted molar refractivity (Wildman–Crippen MR) is 245 cm³/mol. The molecule has 1 aromatic heterocycles. The Morgan fingerprint density at radius 1 is 0.259 bits per heavy atom. The molecule has 0 aliphatic heterocycles. The molecule has 10 aromatic carbocycles. The van der Waals surface area contributed by atoms with Gasteiger partial charge in [0.2, 0.25) is 0 Å². The highest BCUT2D eigenvalue weighted by Crippen LogP contribution is 2.48. The molecule has 0 aliphatic rings. The smallest absolute Gasteiger partial charge is 0.160 e. The Hall–Kier alpha value is -7.68. The molecule has 270 valence electrons. The summed E-state index contributed by atoms with van der Waals surface area (Å²) in [7, 11) is 0. The lowest BCUT2D eigenvalue weighted by atomic mass is 9.82. The van der Waals surface area contributed by atoms with E-state index in [0.29, 0.717) is 5.82 Å². The SMILES string of the molecule is c1ccc(-c2cccc(-c3cc(-c4ccc(-c5c6ccccc6c(-c6ccccc6)c6c5ccc5ccccc56)c5ccccc45)nc(-c4ccccc4)n3)c2)cc1. The topological polar surface area (TPSA) is 25.8 Å². The molecule has 0 aliphatic carbocycles. The highest BCUT2D eigenvalue weighted by Gasteiger charge is 2.21. The summed E-state index contributed by atoms with van der Waals surface area (Å²) in [5.74, 6) is 0.701. The van der Waals surface area contributed by atoms with Crippen LogP contribution in [0.1, 0.15) is 0 Å². The summed E-state index contributed by atoms with van der Waals surface area (Å²) in [5, 5.41) is 9.80. The van der Waals surface area contributed by atoms with Gasteiger partial charge in [-0.1, -0.05) is 206 Å². The lowest BCUT2D eigenvalue weighted by Gasteiger charge is -2.21. The van der Waals surface area contributed by atoms with Crippen molar-refractivity contribution in [1.82, 2.24) is 9.97 Å². The summed E-state index contributed by atoms with van der Waals surface area (Å²) in [6.45, 7) is 0. The van der Waals surface area contributed by atoms with Gasteiger partial charge in [-0.15, -0.1) is 0 Å². The van der Waals surface area contributed by atoms with Crippen LogP contribution in [0.5, 0.6) is 0 Å². The molecule has 0 atom stereocenters. The maximum atomic E-state index is 5.30. The summed E-state index contributed by atoms with van der Waals surface area (Å²) in [6.07, 6.45) is 0. The third-order valence-electron chi connectivity index (χ3n) is 11.5. The first kappa shape index (κ1) is 33.6. The molecular weight excluding hydrogens is 701 g/mol. The zero-order chi connectivity index (χ0) is 38.4. The van der Waals surface area contributed by atoms with Crippen molar-refractivity contribution >= 4 is 43.1 Å². The number of aromatic nitrogens is 2. The van der Waals surface area contributed by atoms with Crippen molar-refractivity contribution in [3.05, 3.63) is 218 Å². The molecule has 2 heteroatoms. The zero-order valence-corrected chi connectivity index (χ0v) is 31.7. The Balaban J connectivity index is 1.17. The fourth-order valence-corrected chi connectivity index (χ4v) is 8.82. The van der Waals surface area contributed by atoms with Gasteiger partial charge in [-0.3, -0.25) is 0 Å². The Labute approximate surface area is 337 Å². The van der Waals surface area contributed by atoms with Gasteiger partial charge in [0.1, 0.15) is 0 Å². The number of nitrogens with zero attached hydrogens (tertiary/aromatic N) is 2. The Kier molecular flexibility index (Phi) is 8.19. The molecule has 58 heavy (non-hydrogen) atoms. The van der Waals surface area contributed by atoms with Gasteiger partial charge < -0.3 is 0 Å². The van der Waals surface area contributed by atoms with Gasteiger partial charge in [-0.05, 0) is 88.6 Å².